The van der Waals surface area contributed by atoms with Crippen LogP contribution in [0.5, 0.6) is 0 Å². The minimum atomic E-state index is -1.98. The van der Waals surface area contributed by atoms with Crippen LogP contribution < -0.4 is 5.73 Å². The number of hydrogen-bond acceptors (Lipinski definition) is 4. The molecule has 1 unspecified atom stereocenters. The summed E-state index contributed by atoms with van der Waals surface area (Å²) in [6.45, 7) is 2.27. The number of anilines is 1. The first kappa shape index (κ1) is 9.29. The summed E-state index contributed by atoms with van der Waals surface area (Å²) in [5.41, 5.74) is 5.36. The lowest BCUT2D eigenvalue weighted by Crippen LogP contribution is -1.97. The van der Waals surface area contributed by atoms with E-state index < -0.39 is 8.03 Å². The average Bonchev–Trinajstić information content (AvgIpc) is 2.36. The minimum Gasteiger partial charge on any atom is -0.382 e. The molecular weight excluding hydrogens is 177 g/mol. The lowest BCUT2D eigenvalue weighted by atomic mass is 10.7. The third kappa shape index (κ3) is 2.68. The Morgan fingerprint density at radius 1 is 1.83 bits per heavy atom. The van der Waals surface area contributed by atoms with Crippen molar-refractivity contribution in [2.75, 3.05) is 12.3 Å². The van der Waals surface area contributed by atoms with Crippen LogP contribution in [-0.2, 0) is 15.4 Å². The van der Waals surface area contributed by atoms with Gasteiger partial charge in [-0.15, -0.1) is 0 Å². The van der Waals surface area contributed by atoms with Gasteiger partial charge in [-0.3, -0.25) is 9.25 Å². The molecule has 0 aliphatic carbocycles. The second-order valence-electron chi connectivity index (χ2n) is 2.24. The Balaban J connectivity index is 2.46. The first-order valence-electron chi connectivity index (χ1n) is 3.67. The molecule has 12 heavy (non-hydrogen) atoms. The zero-order valence-electron chi connectivity index (χ0n) is 6.86. The van der Waals surface area contributed by atoms with Crippen molar-refractivity contribution in [1.29, 1.82) is 0 Å². The molecule has 6 heteroatoms. The normalized spacial score (nSPS) is 13.1. The lowest BCUT2D eigenvalue weighted by Gasteiger charge is -2.00. The van der Waals surface area contributed by atoms with Crippen molar-refractivity contribution in [2.45, 2.75) is 13.2 Å². The minimum absolute atomic E-state index is 0.301. The van der Waals surface area contributed by atoms with Crippen LogP contribution in [0.2, 0.25) is 0 Å². The Morgan fingerprint density at radius 3 is 3.08 bits per heavy atom. The highest BCUT2D eigenvalue weighted by Crippen LogP contribution is 2.23. The van der Waals surface area contributed by atoms with Gasteiger partial charge in [0.2, 0.25) is 8.03 Å². The maximum Gasteiger partial charge on any atom is 0.212 e. The molecule has 1 aromatic rings. The molecule has 2 N–H and O–H groups in total. The van der Waals surface area contributed by atoms with Gasteiger partial charge in [0.25, 0.3) is 0 Å². The molecule has 0 aliphatic rings. The van der Waals surface area contributed by atoms with Gasteiger partial charge in [-0.1, -0.05) is 0 Å². The summed E-state index contributed by atoms with van der Waals surface area (Å²) in [5.74, 6) is 0.432. The van der Waals surface area contributed by atoms with Crippen molar-refractivity contribution in [3.05, 3.63) is 12.3 Å². The Labute approximate surface area is 71.4 Å². The molecule has 0 saturated carbocycles. The molecule has 0 amide bonds. The van der Waals surface area contributed by atoms with E-state index in [2.05, 4.69) is 5.10 Å². The summed E-state index contributed by atoms with van der Waals surface area (Å²) >= 11 is 0. The van der Waals surface area contributed by atoms with Crippen LogP contribution in [0.1, 0.15) is 6.92 Å². The van der Waals surface area contributed by atoms with E-state index in [9.17, 15) is 4.57 Å². The lowest BCUT2D eigenvalue weighted by molar-refractivity contribution is 0.344. The number of hydrogen-bond donors (Lipinski definition) is 1. The van der Waals surface area contributed by atoms with Crippen molar-refractivity contribution in [3.8, 4) is 0 Å². The van der Waals surface area contributed by atoms with E-state index in [1.54, 1.807) is 19.2 Å². The number of rotatable bonds is 4. The molecule has 5 nitrogen and oxygen atoms in total. The summed E-state index contributed by atoms with van der Waals surface area (Å²) < 4.78 is 17.5. The smallest absolute Gasteiger partial charge is 0.212 e. The van der Waals surface area contributed by atoms with Crippen molar-refractivity contribution in [2.24, 2.45) is 0 Å². The monoisotopic (exact) mass is 189 g/mol. The number of nitrogen functional groups attached to an aromatic ring is 1. The number of aromatic nitrogens is 2. The third-order valence-corrected chi connectivity index (χ3v) is 2.45. The van der Waals surface area contributed by atoms with E-state index in [1.807, 2.05) is 0 Å². The highest BCUT2D eigenvalue weighted by Gasteiger charge is 2.00. The molecule has 0 bridgehead atoms. The predicted octanol–water partition coefficient (Wildman–Crippen LogP) is 0.934. The predicted molar refractivity (Wildman–Crippen MR) is 47.3 cm³/mol. The molecule has 0 saturated heterocycles. The Hall–Kier alpha value is -0.800. The van der Waals surface area contributed by atoms with E-state index in [1.165, 1.54) is 4.68 Å². The van der Waals surface area contributed by atoms with Crippen LogP contribution in [0, 0.1) is 0 Å². The quantitative estimate of drug-likeness (QED) is 0.715. The number of nitrogens with two attached hydrogens (primary N) is 1. The average molecular weight is 189 g/mol. The largest absolute Gasteiger partial charge is 0.382 e. The second-order valence-corrected chi connectivity index (χ2v) is 3.59. The van der Waals surface area contributed by atoms with E-state index in [-0.39, 0.29) is 0 Å². The first-order valence-corrected chi connectivity index (χ1v) is 5.19. The topological polar surface area (TPSA) is 70.1 Å². The van der Waals surface area contributed by atoms with Crippen molar-refractivity contribution in [1.82, 2.24) is 9.78 Å². The van der Waals surface area contributed by atoms with Crippen molar-refractivity contribution in [3.63, 3.8) is 0 Å². The maximum absolute atomic E-state index is 11.1. The molecule has 1 atom stereocenters. The highest BCUT2D eigenvalue weighted by molar-refractivity contribution is 7.37. The molecule has 68 valence electrons. The van der Waals surface area contributed by atoms with Gasteiger partial charge in [0.05, 0.1) is 6.61 Å². The molecule has 1 heterocycles. The molecular formula is C6H12N3O2P. The van der Waals surface area contributed by atoms with Crippen LogP contribution in [0.15, 0.2) is 12.3 Å². The van der Waals surface area contributed by atoms with E-state index >= 15 is 0 Å². The van der Waals surface area contributed by atoms with Crippen molar-refractivity contribution >= 4 is 13.8 Å². The summed E-state index contributed by atoms with van der Waals surface area (Å²) in [7, 11) is -1.98. The van der Waals surface area contributed by atoms with Crippen molar-refractivity contribution < 1.29 is 9.09 Å². The van der Waals surface area contributed by atoms with E-state index in [0.717, 1.165) is 0 Å². The summed E-state index contributed by atoms with van der Waals surface area (Å²) in [5, 5.41) is 3.87. The Morgan fingerprint density at radius 2 is 2.58 bits per heavy atom. The van der Waals surface area contributed by atoms with Crippen LogP contribution in [0.3, 0.4) is 0 Å². The zero-order valence-corrected chi connectivity index (χ0v) is 7.86. The molecule has 1 aromatic heterocycles. The van der Waals surface area contributed by atoms with Gasteiger partial charge in [0, 0.05) is 6.20 Å². The van der Waals surface area contributed by atoms with Gasteiger partial charge >= 0.3 is 0 Å². The van der Waals surface area contributed by atoms with Crippen LogP contribution in [0.25, 0.3) is 0 Å². The number of nitrogens with zero attached hydrogens (tertiary/aromatic N) is 2. The van der Waals surface area contributed by atoms with E-state index in [4.69, 9.17) is 10.3 Å². The fourth-order valence-corrected chi connectivity index (χ4v) is 1.66. The maximum atomic E-state index is 11.1. The van der Waals surface area contributed by atoms with Crippen LogP contribution in [-0.4, -0.2) is 16.4 Å². The molecule has 0 aliphatic heterocycles. The zero-order chi connectivity index (χ0) is 8.97. The van der Waals surface area contributed by atoms with Crippen LogP contribution >= 0.6 is 8.03 Å². The summed E-state index contributed by atoms with van der Waals surface area (Å²) in [6, 6.07) is 1.65. The molecule has 0 aromatic carbocycles. The Kier molecular flexibility index (Phi) is 3.31. The molecule has 0 fully saturated rings. The summed E-state index contributed by atoms with van der Waals surface area (Å²) in [6.07, 6.45) is 1.98. The highest BCUT2D eigenvalue weighted by atomic mass is 31.1. The Bertz CT molecular complexity index is 274. The fourth-order valence-electron chi connectivity index (χ4n) is 0.804. The van der Waals surface area contributed by atoms with Gasteiger partial charge in [-0.2, -0.15) is 5.10 Å². The SMILES string of the molecule is CCO[PH](=O)Cn1ccc(N)n1. The van der Waals surface area contributed by atoms with Gasteiger partial charge < -0.3 is 10.3 Å². The third-order valence-electron chi connectivity index (χ3n) is 1.26. The standard InChI is InChI=1S/C6H12N3O2P/c1-2-11-12(10)5-9-4-3-6(7)8-9/h3-4,12H,2,5H2,1H3,(H2,7,8). The van der Waals surface area contributed by atoms with Gasteiger partial charge in [-0.05, 0) is 13.0 Å². The molecule has 0 radical (unpaired) electrons. The molecule has 1 rings (SSSR count). The van der Waals surface area contributed by atoms with E-state index in [0.29, 0.717) is 18.7 Å². The molecule has 0 spiro atoms. The van der Waals surface area contributed by atoms with Crippen LogP contribution in [0.4, 0.5) is 5.82 Å². The fraction of sp³-hybridized carbons (Fsp3) is 0.500. The summed E-state index contributed by atoms with van der Waals surface area (Å²) in [4.78, 5) is 0. The van der Waals surface area contributed by atoms with Gasteiger partial charge in [0.1, 0.15) is 12.1 Å². The van der Waals surface area contributed by atoms with Gasteiger partial charge in [0.15, 0.2) is 0 Å². The first-order chi connectivity index (χ1) is 5.72. The second kappa shape index (κ2) is 4.28. The van der Waals surface area contributed by atoms with Gasteiger partial charge in [-0.25, -0.2) is 0 Å².